The van der Waals surface area contributed by atoms with Crippen LogP contribution in [0.25, 0.3) is 22.0 Å². The minimum atomic E-state index is -0.346. The number of carbonyl (C=O) groups is 1. The van der Waals surface area contributed by atoms with Crippen LogP contribution in [0.4, 0.5) is 11.5 Å². The fraction of sp³-hybridized carbons (Fsp3) is 0.0870. The Labute approximate surface area is 183 Å². The van der Waals surface area contributed by atoms with Gasteiger partial charge in [-0.1, -0.05) is 59.6 Å². The zero-order valence-corrected chi connectivity index (χ0v) is 17.5. The number of nitrogens with one attached hydrogen (secondary N) is 1. The van der Waals surface area contributed by atoms with Crippen molar-refractivity contribution in [1.29, 1.82) is 0 Å². The molecular formula is C23H17Cl2N3O2. The van der Waals surface area contributed by atoms with E-state index in [1.54, 1.807) is 31.2 Å². The molecule has 3 aromatic carbocycles. The molecule has 0 radical (unpaired) electrons. The van der Waals surface area contributed by atoms with Crippen LogP contribution in [0.1, 0.15) is 17.3 Å². The Bertz CT molecular complexity index is 1230. The number of rotatable bonds is 5. The highest BCUT2D eigenvalue weighted by Gasteiger charge is 2.13. The van der Waals surface area contributed by atoms with E-state index in [4.69, 9.17) is 27.9 Å². The standard InChI is InChI=1S/C23H17Cl2N3O2/c1-2-30-23(29)15-9-7-14(8-10-15)21-17-5-3-4-6-18(17)22(28-27-21)26-16-11-12-19(24)20(25)13-16/h3-13H,2H2,1H3,(H,26,28). The van der Waals surface area contributed by atoms with Gasteiger partial charge in [-0.25, -0.2) is 4.79 Å². The zero-order chi connectivity index (χ0) is 21.1. The molecule has 0 saturated heterocycles. The van der Waals surface area contributed by atoms with E-state index in [0.29, 0.717) is 28.0 Å². The van der Waals surface area contributed by atoms with Gasteiger partial charge in [-0.2, -0.15) is 0 Å². The lowest BCUT2D eigenvalue weighted by atomic mass is 10.0. The maximum absolute atomic E-state index is 11.9. The molecule has 0 bridgehead atoms. The van der Waals surface area contributed by atoms with E-state index >= 15 is 0 Å². The molecule has 1 heterocycles. The van der Waals surface area contributed by atoms with Crippen LogP contribution in [-0.4, -0.2) is 22.8 Å². The van der Waals surface area contributed by atoms with Gasteiger partial charge in [0.1, 0.15) is 5.69 Å². The van der Waals surface area contributed by atoms with Crippen LogP contribution in [-0.2, 0) is 4.74 Å². The number of esters is 1. The summed E-state index contributed by atoms with van der Waals surface area (Å²) in [7, 11) is 0. The summed E-state index contributed by atoms with van der Waals surface area (Å²) in [6.07, 6.45) is 0. The third-order valence-electron chi connectivity index (χ3n) is 4.54. The molecule has 0 amide bonds. The van der Waals surface area contributed by atoms with Gasteiger partial charge in [0.15, 0.2) is 5.82 Å². The SMILES string of the molecule is CCOC(=O)c1ccc(-c2nnc(Nc3ccc(Cl)c(Cl)c3)c3ccccc23)cc1. The van der Waals surface area contributed by atoms with Crippen molar-refractivity contribution in [1.82, 2.24) is 10.2 Å². The van der Waals surface area contributed by atoms with Crippen molar-refractivity contribution >= 4 is 51.4 Å². The minimum Gasteiger partial charge on any atom is -0.462 e. The molecule has 5 nitrogen and oxygen atoms in total. The first-order chi connectivity index (χ1) is 14.6. The van der Waals surface area contributed by atoms with E-state index in [2.05, 4.69) is 15.5 Å². The Kier molecular flexibility index (Phi) is 5.84. The van der Waals surface area contributed by atoms with Crippen molar-refractivity contribution in [2.75, 3.05) is 11.9 Å². The summed E-state index contributed by atoms with van der Waals surface area (Å²) in [6.45, 7) is 2.12. The number of halogens is 2. The van der Waals surface area contributed by atoms with Gasteiger partial charge in [0.2, 0.25) is 0 Å². The first-order valence-electron chi connectivity index (χ1n) is 9.32. The number of benzene rings is 3. The van der Waals surface area contributed by atoms with Gasteiger partial charge in [0.05, 0.1) is 22.2 Å². The van der Waals surface area contributed by atoms with E-state index in [-0.39, 0.29) is 5.97 Å². The molecule has 0 aliphatic rings. The summed E-state index contributed by atoms with van der Waals surface area (Å²) < 4.78 is 5.04. The smallest absolute Gasteiger partial charge is 0.338 e. The monoisotopic (exact) mass is 437 g/mol. The quantitative estimate of drug-likeness (QED) is 0.359. The number of fused-ring (bicyclic) bond motifs is 1. The molecular weight excluding hydrogens is 421 g/mol. The molecule has 1 N–H and O–H groups in total. The number of carbonyl (C=O) groups excluding carboxylic acids is 1. The predicted octanol–water partition coefficient (Wildman–Crippen LogP) is 6.52. The molecule has 1 aromatic heterocycles. The summed E-state index contributed by atoms with van der Waals surface area (Å²) >= 11 is 12.1. The predicted molar refractivity (Wildman–Crippen MR) is 121 cm³/mol. The van der Waals surface area contributed by atoms with Crippen molar-refractivity contribution in [3.63, 3.8) is 0 Å². The van der Waals surface area contributed by atoms with Crippen molar-refractivity contribution in [2.45, 2.75) is 6.92 Å². The molecule has 0 spiro atoms. The van der Waals surface area contributed by atoms with Crippen LogP contribution in [0.2, 0.25) is 10.0 Å². The van der Waals surface area contributed by atoms with E-state index in [9.17, 15) is 4.79 Å². The zero-order valence-electron chi connectivity index (χ0n) is 16.0. The van der Waals surface area contributed by atoms with Crippen LogP contribution >= 0.6 is 23.2 Å². The second-order valence-electron chi connectivity index (χ2n) is 6.49. The van der Waals surface area contributed by atoms with Crippen molar-refractivity contribution < 1.29 is 9.53 Å². The van der Waals surface area contributed by atoms with Gasteiger partial charge in [-0.05, 0) is 37.3 Å². The highest BCUT2D eigenvalue weighted by Crippen LogP contribution is 2.32. The molecule has 4 rings (SSSR count). The van der Waals surface area contributed by atoms with Crippen molar-refractivity contribution in [3.05, 3.63) is 82.3 Å². The molecule has 0 fully saturated rings. The Hall–Kier alpha value is -3.15. The summed E-state index contributed by atoms with van der Waals surface area (Å²) in [6, 6.07) is 20.3. The number of hydrogen-bond acceptors (Lipinski definition) is 5. The second kappa shape index (κ2) is 8.69. The molecule has 0 aliphatic carbocycles. The highest BCUT2D eigenvalue weighted by atomic mass is 35.5. The lowest BCUT2D eigenvalue weighted by molar-refractivity contribution is 0.0526. The van der Waals surface area contributed by atoms with Gasteiger partial charge < -0.3 is 10.1 Å². The lowest BCUT2D eigenvalue weighted by Crippen LogP contribution is -2.04. The van der Waals surface area contributed by atoms with Gasteiger partial charge >= 0.3 is 5.97 Å². The molecule has 0 aliphatic heterocycles. The Morgan fingerprint density at radius 3 is 2.37 bits per heavy atom. The average Bonchev–Trinajstić information content (AvgIpc) is 2.77. The highest BCUT2D eigenvalue weighted by molar-refractivity contribution is 6.42. The number of aromatic nitrogens is 2. The Morgan fingerprint density at radius 2 is 1.67 bits per heavy atom. The molecule has 150 valence electrons. The molecule has 7 heteroatoms. The van der Waals surface area contributed by atoms with Crippen molar-refractivity contribution in [2.24, 2.45) is 0 Å². The fourth-order valence-electron chi connectivity index (χ4n) is 3.10. The van der Waals surface area contributed by atoms with Crippen LogP contribution in [0.15, 0.2) is 66.7 Å². The molecule has 4 aromatic rings. The summed E-state index contributed by atoms with van der Waals surface area (Å²) in [4.78, 5) is 11.9. The minimum absolute atomic E-state index is 0.337. The first kappa shape index (κ1) is 20.1. The molecule has 0 saturated carbocycles. The lowest BCUT2D eigenvalue weighted by Gasteiger charge is -2.12. The first-order valence-corrected chi connectivity index (χ1v) is 10.1. The van der Waals surface area contributed by atoms with E-state index in [0.717, 1.165) is 27.7 Å². The normalized spacial score (nSPS) is 10.8. The van der Waals surface area contributed by atoms with Crippen LogP contribution in [0, 0.1) is 0 Å². The molecule has 0 atom stereocenters. The summed E-state index contributed by atoms with van der Waals surface area (Å²) in [5, 5.41) is 14.9. The van der Waals surface area contributed by atoms with Crippen LogP contribution in [0.5, 0.6) is 0 Å². The van der Waals surface area contributed by atoms with E-state index in [1.807, 2.05) is 42.5 Å². The number of nitrogens with zero attached hydrogens (tertiary/aromatic N) is 2. The van der Waals surface area contributed by atoms with Crippen LogP contribution < -0.4 is 5.32 Å². The average molecular weight is 438 g/mol. The summed E-state index contributed by atoms with van der Waals surface area (Å²) in [5.74, 6) is 0.261. The Balaban J connectivity index is 1.72. The third-order valence-corrected chi connectivity index (χ3v) is 5.28. The maximum atomic E-state index is 11.9. The van der Waals surface area contributed by atoms with Gasteiger partial charge in [-0.3, -0.25) is 0 Å². The van der Waals surface area contributed by atoms with Gasteiger partial charge in [-0.15, -0.1) is 10.2 Å². The Morgan fingerprint density at radius 1 is 0.933 bits per heavy atom. The largest absolute Gasteiger partial charge is 0.462 e. The second-order valence-corrected chi connectivity index (χ2v) is 7.31. The van der Waals surface area contributed by atoms with Crippen LogP contribution in [0.3, 0.4) is 0 Å². The third kappa shape index (κ3) is 4.08. The van der Waals surface area contributed by atoms with Gasteiger partial charge in [0, 0.05) is 22.0 Å². The molecule has 0 unspecified atom stereocenters. The van der Waals surface area contributed by atoms with Gasteiger partial charge in [0.25, 0.3) is 0 Å². The van der Waals surface area contributed by atoms with Crippen molar-refractivity contribution in [3.8, 4) is 11.3 Å². The van der Waals surface area contributed by atoms with E-state index in [1.165, 1.54) is 0 Å². The van der Waals surface area contributed by atoms with E-state index < -0.39 is 0 Å². The number of hydrogen-bond donors (Lipinski definition) is 1. The number of ether oxygens (including phenoxy) is 1. The number of anilines is 2. The topological polar surface area (TPSA) is 64.1 Å². The maximum Gasteiger partial charge on any atom is 0.338 e. The summed E-state index contributed by atoms with van der Waals surface area (Å²) in [5.41, 5.74) is 2.83. The molecule has 30 heavy (non-hydrogen) atoms. The fourth-order valence-corrected chi connectivity index (χ4v) is 3.40.